The highest BCUT2D eigenvalue weighted by atomic mass is 16.2. The van der Waals surface area contributed by atoms with Crippen LogP contribution in [-0.4, -0.2) is 47.9 Å². The normalized spacial score (nSPS) is 22.6. The Hall–Kier alpha value is -2.73. The summed E-state index contributed by atoms with van der Waals surface area (Å²) in [6.07, 6.45) is 4.10. The molecule has 2 saturated heterocycles. The molecule has 2 atom stereocenters. The summed E-state index contributed by atoms with van der Waals surface area (Å²) in [6, 6.07) is 9.91. The number of benzene rings is 1. The number of nitrogens with zero attached hydrogens (tertiary/aromatic N) is 3. The van der Waals surface area contributed by atoms with Crippen molar-refractivity contribution in [3.05, 3.63) is 59.4 Å². The summed E-state index contributed by atoms with van der Waals surface area (Å²) in [7, 11) is 0. The maximum absolute atomic E-state index is 13.3. The first-order valence-corrected chi connectivity index (χ1v) is 9.85. The number of carbonyl (C=O) groups is 2. The van der Waals surface area contributed by atoms with Gasteiger partial charge in [-0.25, -0.2) is 0 Å². The van der Waals surface area contributed by atoms with E-state index in [4.69, 9.17) is 0 Å². The third-order valence-corrected chi connectivity index (χ3v) is 5.62. The van der Waals surface area contributed by atoms with Gasteiger partial charge in [0.15, 0.2) is 0 Å². The molecule has 3 heterocycles. The van der Waals surface area contributed by atoms with Gasteiger partial charge in [-0.2, -0.15) is 0 Å². The van der Waals surface area contributed by atoms with E-state index in [1.54, 1.807) is 17.3 Å². The average molecular weight is 378 g/mol. The lowest BCUT2D eigenvalue weighted by Gasteiger charge is -2.37. The molecule has 2 fully saturated rings. The second kappa shape index (κ2) is 7.72. The monoisotopic (exact) mass is 378 g/mol. The highest BCUT2D eigenvalue weighted by molar-refractivity contribution is 6.09. The van der Waals surface area contributed by atoms with Gasteiger partial charge in [-0.1, -0.05) is 12.1 Å². The molecule has 6 nitrogen and oxygen atoms in total. The highest BCUT2D eigenvalue weighted by Gasteiger charge is 2.42. The number of hydrogen-bond donors (Lipinski definition) is 1. The fourth-order valence-corrected chi connectivity index (χ4v) is 4.31. The van der Waals surface area contributed by atoms with Gasteiger partial charge in [-0.3, -0.25) is 14.6 Å². The molecular weight excluding hydrogens is 352 g/mol. The van der Waals surface area contributed by atoms with Gasteiger partial charge in [-0.15, -0.1) is 0 Å². The SMILES string of the molecule is Cc1cc(C)cc(N2CCC(C(=O)N3CCNCC3c3cccnc3)C2=O)c1. The largest absolute Gasteiger partial charge is 0.332 e. The molecule has 6 heteroatoms. The van der Waals surface area contributed by atoms with Crippen LogP contribution >= 0.6 is 0 Å². The molecule has 2 unspecified atom stereocenters. The molecule has 28 heavy (non-hydrogen) atoms. The maximum atomic E-state index is 13.3. The van der Waals surface area contributed by atoms with Crippen molar-refractivity contribution >= 4 is 17.5 Å². The molecule has 0 aliphatic carbocycles. The zero-order valence-electron chi connectivity index (χ0n) is 16.4. The lowest BCUT2D eigenvalue weighted by atomic mass is 10.0. The Morgan fingerprint density at radius 2 is 1.96 bits per heavy atom. The fourth-order valence-electron chi connectivity index (χ4n) is 4.31. The van der Waals surface area contributed by atoms with Gasteiger partial charge in [0.25, 0.3) is 0 Å². The molecule has 1 N–H and O–H groups in total. The van der Waals surface area contributed by atoms with Crippen molar-refractivity contribution in [2.45, 2.75) is 26.3 Å². The summed E-state index contributed by atoms with van der Waals surface area (Å²) in [6.45, 7) is 6.66. The summed E-state index contributed by atoms with van der Waals surface area (Å²) in [5.41, 5.74) is 4.13. The second-order valence-electron chi connectivity index (χ2n) is 7.71. The minimum absolute atomic E-state index is 0.0628. The minimum atomic E-state index is -0.599. The summed E-state index contributed by atoms with van der Waals surface area (Å²) in [5, 5.41) is 3.35. The number of rotatable bonds is 3. The summed E-state index contributed by atoms with van der Waals surface area (Å²) in [5.74, 6) is -0.746. The number of nitrogens with one attached hydrogen (secondary N) is 1. The average Bonchev–Trinajstić information content (AvgIpc) is 3.09. The molecule has 0 spiro atoms. The van der Waals surface area contributed by atoms with E-state index in [1.165, 1.54) is 0 Å². The van der Waals surface area contributed by atoms with Crippen molar-refractivity contribution in [2.75, 3.05) is 31.1 Å². The third kappa shape index (κ3) is 3.52. The quantitative estimate of drug-likeness (QED) is 0.832. The minimum Gasteiger partial charge on any atom is -0.332 e. The van der Waals surface area contributed by atoms with Crippen LogP contribution in [0.3, 0.4) is 0 Å². The summed E-state index contributed by atoms with van der Waals surface area (Å²) < 4.78 is 0. The number of piperazine rings is 1. The Labute approximate surface area is 165 Å². The second-order valence-corrected chi connectivity index (χ2v) is 7.71. The van der Waals surface area contributed by atoms with Crippen molar-refractivity contribution < 1.29 is 9.59 Å². The van der Waals surface area contributed by atoms with E-state index in [0.29, 0.717) is 26.1 Å². The standard InChI is InChI=1S/C22H26N4O2/c1-15-10-16(2)12-18(11-15)25-8-5-19(21(25)27)22(28)26-9-7-24-14-20(26)17-4-3-6-23-13-17/h3-4,6,10-13,19-20,24H,5,7-9,14H2,1-2H3. The van der Waals surface area contributed by atoms with Crippen LogP contribution in [0.4, 0.5) is 5.69 Å². The van der Waals surface area contributed by atoms with E-state index in [9.17, 15) is 9.59 Å². The molecule has 0 saturated carbocycles. The van der Waals surface area contributed by atoms with Gasteiger partial charge in [0, 0.05) is 44.3 Å². The van der Waals surface area contributed by atoms with Gasteiger partial charge in [0.05, 0.1) is 6.04 Å². The maximum Gasteiger partial charge on any atom is 0.239 e. The number of carbonyl (C=O) groups excluding carboxylic acids is 2. The number of amides is 2. The van der Waals surface area contributed by atoms with Crippen molar-refractivity contribution in [2.24, 2.45) is 5.92 Å². The van der Waals surface area contributed by atoms with Gasteiger partial charge in [0.1, 0.15) is 5.92 Å². The molecule has 1 aromatic carbocycles. The van der Waals surface area contributed by atoms with Crippen LogP contribution in [0.5, 0.6) is 0 Å². The van der Waals surface area contributed by atoms with Gasteiger partial charge in [0.2, 0.25) is 11.8 Å². The highest BCUT2D eigenvalue weighted by Crippen LogP contribution is 2.31. The van der Waals surface area contributed by atoms with Crippen LogP contribution in [0.15, 0.2) is 42.7 Å². The van der Waals surface area contributed by atoms with E-state index in [-0.39, 0.29) is 17.9 Å². The zero-order chi connectivity index (χ0) is 19.7. The van der Waals surface area contributed by atoms with Crippen molar-refractivity contribution in [1.29, 1.82) is 0 Å². The molecule has 0 bridgehead atoms. The van der Waals surface area contributed by atoms with Gasteiger partial charge < -0.3 is 15.1 Å². The van der Waals surface area contributed by atoms with E-state index in [1.807, 2.05) is 43.0 Å². The molecule has 146 valence electrons. The molecule has 2 aliphatic heterocycles. The molecule has 2 aromatic rings. The Kier molecular flexibility index (Phi) is 5.13. The van der Waals surface area contributed by atoms with Crippen LogP contribution in [0.2, 0.25) is 0 Å². The van der Waals surface area contributed by atoms with E-state index in [0.717, 1.165) is 28.9 Å². The molecule has 0 radical (unpaired) electrons. The smallest absolute Gasteiger partial charge is 0.239 e. The molecule has 4 rings (SSSR count). The molecule has 2 aliphatic rings. The van der Waals surface area contributed by atoms with Crippen LogP contribution in [0, 0.1) is 19.8 Å². The summed E-state index contributed by atoms with van der Waals surface area (Å²) >= 11 is 0. The number of pyridine rings is 1. The Bertz CT molecular complexity index is 863. The number of anilines is 1. The fraction of sp³-hybridized carbons (Fsp3) is 0.409. The Morgan fingerprint density at radius 1 is 1.18 bits per heavy atom. The van der Waals surface area contributed by atoms with Crippen molar-refractivity contribution in [3.8, 4) is 0 Å². The summed E-state index contributed by atoms with van der Waals surface area (Å²) in [4.78, 5) is 34.3. The van der Waals surface area contributed by atoms with E-state index < -0.39 is 5.92 Å². The predicted molar refractivity (Wildman–Crippen MR) is 108 cm³/mol. The van der Waals surface area contributed by atoms with Crippen LogP contribution in [-0.2, 0) is 9.59 Å². The third-order valence-electron chi connectivity index (χ3n) is 5.62. The molecule has 2 amide bonds. The lowest BCUT2D eigenvalue weighted by Crippen LogP contribution is -2.51. The van der Waals surface area contributed by atoms with Crippen LogP contribution < -0.4 is 10.2 Å². The number of hydrogen-bond acceptors (Lipinski definition) is 4. The predicted octanol–water partition coefficient (Wildman–Crippen LogP) is 2.22. The first kappa shape index (κ1) is 18.6. The van der Waals surface area contributed by atoms with Gasteiger partial charge >= 0.3 is 0 Å². The topological polar surface area (TPSA) is 65.5 Å². The van der Waals surface area contributed by atoms with Crippen molar-refractivity contribution in [1.82, 2.24) is 15.2 Å². The van der Waals surface area contributed by atoms with Crippen LogP contribution in [0.1, 0.15) is 29.2 Å². The Balaban J connectivity index is 1.55. The number of aryl methyl sites for hydroxylation is 2. The van der Waals surface area contributed by atoms with E-state index in [2.05, 4.69) is 16.4 Å². The lowest BCUT2D eigenvalue weighted by molar-refractivity contribution is -0.142. The van der Waals surface area contributed by atoms with Gasteiger partial charge in [-0.05, 0) is 55.2 Å². The number of aromatic nitrogens is 1. The first-order chi connectivity index (χ1) is 13.5. The van der Waals surface area contributed by atoms with E-state index >= 15 is 0 Å². The van der Waals surface area contributed by atoms with Crippen LogP contribution in [0.25, 0.3) is 0 Å². The van der Waals surface area contributed by atoms with Crippen molar-refractivity contribution in [3.63, 3.8) is 0 Å². The Morgan fingerprint density at radius 3 is 2.68 bits per heavy atom. The zero-order valence-corrected chi connectivity index (χ0v) is 16.4. The molecular formula is C22H26N4O2. The molecule has 1 aromatic heterocycles. The first-order valence-electron chi connectivity index (χ1n) is 9.85.